The van der Waals surface area contributed by atoms with Gasteiger partial charge in [-0.2, -0.15) is 10.5 Å². The molecule has 0 aromatic heterocycles. The predicted molar refractivity (Wildman–Crippen MR) is 105 cm³/mol. The van der Waals surface area contributed by atoms with Crippen LogP contribution in [-0.4, -0.2) is 0 Å². The predicted octanol–water partition coefficient (Wildman–Crippen LogP) is 4.54. The van der Waals surface area contributed by atoms with Crippen molar-refractivity contribution in [1.29, 1.82) is 10.5 Å². The molecule has 3 aromatic rings. The monoisotopic (exact) mass is 342 g/mol. The fraction of sp³-hybridized carbons (Fsp3) is 0.0400. The van der Waals surface area contributed by atoms with Gasteiger partial charge in [-0.1, -0.05) is 47.9 Å². The summed E-state index contributed by atoms with van der Waals surface area (Å²) in [6, 6.07) is 24.7. The zero-order valence-electron chi connectivity index (χ0n) is 14.7. The van der Waals surface area contributed by atoms with Gasteiger partial charge in [0.2, 0.25) is 0 Å². The quantitative estimate of drug-likeness (QED) is 0.563. The van der Waals surface area contributed by atoms with Crippen LogP contribution in [-0.2, 0) is 0 Å². The van der Waals surface area contributed by atoms with Crippen LogP contribution in [0.1, 0.15) is 38.9 Å². The summed E-state index contributed by atoms with van der Waals surface area (Å²) >= 11 is 0. The highest BCUT2D eigenvalue weighted by molar-refractivity contribution is 5.55. The van der Waals surface area contributed by atoms with E-state index in [2.05, 4.69) is 35.8 Å². The van der Waals surface area contributed by atoms with E-state index in [-0.39, 0.29) is 0 Å². The Bertz CT molecular complexity index is 1120. The van der Waals surface area contributed by atoms with Crippen molar-refractivity contribution in [3.63, 3.8) is 0 Å². The maximum Gasteiger partial charge on any atom is 0.100 e. The van der Waals surface area contributed by atoms with Crippen LogP contribution in [0.2, 0.25) is 0 Å². The number of benzene rings is 3. The molecule has 0 heterocycles. The van der Waals surface area contributed by atoms with Gasteiger partial charge in [-0.15, -0.1) is 0 Å². The SMILES string of the molecule is Cc1cc(C#Cc2ccccc2C#N)cc(C#Cc2ccccc2C#N)c1. The topological polar surface area (TPSA) is 47.6 Å². The minimum Gasteiger partial charge on any atom is -0.192 e. The highest BCUT2D eigenvalue weighted by Crippen LogP contribution is 2.11. The highest BCUT2D eigenvalue weighted by atomic mass is 14.2. The van der Waals surface area contributed by atoms with E-state index >= 15 is 0 Å². The summed E-state index contributed by atoms with van der Waals surface area (Å²) in [6.45, 7) is 1.99. The summed E-state index contributed by atoms with van der Waals surface area (Å²) in [5.41, 5.74) is 5.25. The molecule has 0 bridgehead atoms. The molecule has 0 N–H and O–H groups in total. The number of aryl methyl sites for hydroxylation is 1. The summed E-state index contributed by atoms with van der Waals surface area (Å²) in [5.74, 6) is 12.4. The Labute approximate surface area is 159 Å². The summed E-state index contributed by atoms with van der Waals surface area (Å²) in [5, 5.41) is 18.3. The maximum atomic E-state index is 9.17. The molecule has 124 valence electrons. The zero-order chi connectivity index (χ0) is 19.1. The Kier molecular flexibility index (Phi) is 5.36. The van der Waals surface area contributed by atoms with Crippen LogP contribution in [0, 0.1) is 53.3 Å². The molecule has 2 nitrogen and oxygen atoms in total. The largest absolute Gasteiger partial charge is 0.192 e. The third kappa shape index (κ3) is 4.44. The van der Waals surface area contributed by atoms with E-state index in [0.29, 0.717) is 22.3 Å². The van der Waals surface area contributed by atoms with Crippen LogP contribution in [0.3, 0.4) is 0 Å². The van der Waals surface area contributed by atoms with Gasteiger partial charge in [0.15, 0.2) is 0 Å². The van der Waals surface area contributed by atoms with Crippen molar-refractivity contribution in [1.82, 2.24) is 0 Å². The highest BCUT2D eigenvalue weighted by Gasteiger charge is 1.99. The molecule has 2 heteroatoms. The molecule has 0 spiro atoms. The molecule has 0 saturated heterocycles. The first-order chi connectivity index (χ1) is 13.2. The van der Waals surface area contributed by atoms with Crippen molar-refractivity contribution in [2.24, 2.45) is 0 Å². The molecule has 0 unspecified atom stereocenters. The summed E-state index contributed by atoms with van der Waals surface area (Å²) < 4.78 is 0. The standard InChI is InChI=1S/C25H14N2/c1-19-14-20(10-12-22-6-2-4-8-24(22)17-26)16-21(15-19)11-13-23-7-3-5-9-25(23)18-27/h2-9,14-16H,1H3. The van der Waals surface area contributed by atoms with E-state index < -0.39 is 0 Å². The Hall–Kier alpha value is -4.24. The average molecular weight is 342 g/mol. The first-order valence-corrected chi connectivity index (χ1v) is 8.33. The number of nitriles is 2. The van der Waals surface area contributed by atoms with E-state index in [4.69, 9.17) is 10.5 Å². The summed E-state index contributed by atoms with van der Waals surface area (Å²) in [4.78, 5) is 0. The molecule has 27 heavy (non-hydrogen) atoms. The molecule has 0 saturated carbocycles. The lowest BCUT2D eigenvalue weighted by Gasteiger charge is -1.98. The van der Waals surface area contributed by atoms with Gasteiger partial charge in [0, 0.05) is 22.3 Å². The minimum absolute atomic E-state index is 0.561. The van der Waals surface area contributed by atoms with Gasteiger partial charge < -0.3 is 0 Å². The van der Waals surface area contributed by atoms with Gasteiger partial charge in [-0.05, 0) is 55.0 Å². The second-order valence-electron chi connectivity index (χ2n) is 5.90. The van der Waals surface area contributed by atoms with Crippen LogP contribution in [0.25, 0.3) is 0 Å². The molecule has 0 atom stereocenters. The van der Waals surface area contributed by atoms with Crippen LogP contribution in [0.5, 0.6) is 0 Å². The molecular weight excluding hydrogens is 328 g/mol. The molecule has 0 aliphatic carbocycles. The fourth-order valence-corrected chi connectivity index (χ4v) is 2.59. The molecule has 0 amide bonds. The van der Waals surface area contributed by atoms with Gasteiger partial charge in [-0.3, -0.25) is 0 Å². The normalized spacial score (nSPS) is 9.00. The lowest BCUT2D eigenvalue weighted by atomic mass is 10.0. The second-order valence-corrected chi connectivity index (χ2v) is 5.90. The van der Waals surface area contributed by atoms with Crippen LogP contribution in [0.15, 0.2) is 66.7 Å². The summed E-state index contributed by atoms with van der Waals surface area (Å²) in [6.07, 6.45) is 0. The lowest BCUT2D eigenvalue weighted by molar-refractivity contribution is 1.43. The molecule has 3 rings (SSSR count). The third-order valence-corrected chi connectivity index (χ3v) is 3.86. The molecule has 3 aromatic carbocycles. The van der Waals surface area contributed by atoms with Gasteiger partial charge in [-0.25, -0.2) is 0 Å². The van der Waals surface area contributed by atoms with Gasteiger partial charge >= 0.3 is 0 Å². The number of hydrogen-bond acceptors (Lipinski definition) is 2. The molecule has 0 aliphatic heterocycles. The van der Waals surface area contributed by atoms with Crippen LogP contribution >= 0.6 is 0 Å². The zero-order valence-corrected chi connectivity index (χ0v) is 14.7. The Balaban J connectivity index is 1.96. The van der Waals surface area contributed by atoms with Crippen molar-refractivity contribution in [2.75, 3.05) is 0 Å². The molecule has 0 aliphatic rings. The minimum atomic E-state index is 0.561. The van der Waals surface area contributed by atoms with Crippen molar-refractivity contribution in [3.8, 4) is 35.8 Å². The molecule has 0 fully saturated rings. The Morgan fingerprint density at radius 3 is 1.37 bits per heavy atom. The maximum absolute atomic E-state index is 9.17. The Morgan fingerprint density at radius 2 is 0.963 bits per heavy atom. The fourth-order valence-electron chi connectivity index (χ4n) is 2.59. The summed E-state index contributed by atoms with van der Waals surface area (Å²) in [7, 11) is 0. The van der Waals surface area contributed by atoms with Crippen molar-refractivity contribution < 1.29 is 0 Å². The van der Waals surface area contributed by atoms with Crippen LogP contribution < -0.4 is 0 Å². The number of hydrogen-bond donors (Lipinski definition) is 0. The third-order valence-electron chi connectivity index (χ3n) is 3.86. The van der Waals surface area contributed by atoms with E-state index in [1.165, 1.54) is 0 Å². The van der Waals surface area contributed by atoms with Gasteiger partial charge in [0.25, 0.3) is 0 Å². The van der Waals surface area contributed by atoms with E-state index in [1.807, 2.05) is 61.5 Å². The van der Waals surface area contributed by atoms with Crippen molar-refractivity contribution in [3.05, 3.63) is 106 Å². The van der Waals surface area contributed by atoms with Crippen molar-refractivity contribution in [2.45, 2.75) is 6.92 Å². The average Bonchev–Trinajstić information content (AvgIpc) is 2.70. The van der Waals surface area contributed by atoms with Gasteiger partial charge in [0.1, 0.15) is 12.1 Å². The first-order valence-electron chi connectivity index (χ1n) is 8.33. The number of rotatable bonds is 0. The van der Waals surface area contributed by atoms with Crippen LogP contribution in [0.4, 0.5) is 0 Å². The van der Waals surface area contributed by atoms with E-state index in [1.54, 1.807) is 12.1 Å². The van der Waals surface area contributed by atoms with Crippen molar-refractivity contribution >= 4 is 0 Å². The molecular formula is C25H14N2. The number of nitrogens with zero attached hydrogens (tertiary/aromatic N) is 2. The van der Waals surface area contributed by atoms with E-state index in [9.17, 15) is 0 Å². The smallest absolute Gasteiger partial charge is 0.100 e. The first kappa shape index (κ1) is 17.6. The molecule has 0 radical (unpaired) electrons. The second kappa shape index (κ2) is 8.23. The van der Waals surface area contributed by atoms with Gasteiger partial charge in [0.05, 0.1) is 11.1 Å². The van der Waals surface area contributed by atoms with E-state index in [0.717, 1.165) is 16.7 Å². The Morgan fingerprint density at radius 1 is 0.556 bits per heavy atom. The lowest BCUT2D eigenvalue weighted by Crippen LogP contribution is -1.86.